The SMILES string of the molecule is COc1ccsc1C(=O)NC[C@@H]1CCn2ncc(C(=O)N3CCOCC3)c2C1. The van der Waals surface area contributed by atoms with E-state index >= 15 is 0 Å². The van der Waals surface area contributed by atoms with E-state index in [4.69, 9.17) is 9.47 Å². The third-order valence-corrected chi connectivity index (χ3v) is 6.21. The number of morpholine rings is 1. The molecular weight excluding hydrogens is 380 g/mol. The highest BCUT2D eigenvalue weighted by Gasteiger charge is 2.28. The Morgan fingerprint density at radius 2 is 2.18 bits per heavy atom. The second-order valence-electron chi connectivity index (χ2n) is 7.02. The standard InChI is InChI=1S/C19H24N4O4S/c1-26-16-3-9-28-17(16)18(24)20-11-13-2-4-23-15(10-13)14(12-21-23)19(25)22-5-7-27-8-6-22/h3,9,12-13H,2,4-8,10-11H2,1H3,(H,20,24)/t13-/m1/s1. The Kier molecular flexibility index (Phi) is 5.63. The lowest BCUT2D eigenvalue weighted by Gasteiger charge is -2.28. The average molecular weight is 404 g/mol. The number of aromatic nitrogens is 2. The second-order valence-corrected chi connectivity index (χ2v) is 7.94. The van der Waals surface area contributed by atoms with E-state index in [0.29, 0.717) is 49.0 Å². The summed E-state index contributed by atoms with van der Waals surface area (Å²) in [7, 11) is 1.56. The van der Waals surface area contributed by atoms with Gasteiger partial charge < -0.3 is 19.7 Å². The molecule has 0 radical (unpaired) electrons. The molecule has 28 heavy (non-hydrogen) atoms. The minimum absolute atomic E-state index is 0.0255. The first-order valence-electron chi connectivity index (χ1n) is 9.48. The van der Waals surface area contributed by atoms with Crippen LogP contribution in [0.2, 0.25) is 0 Å². The molecule has 1 atom stereocenters. The Morgan fingerprint density at radius 3 is 2.96 bits per heavy atom. The number of fused-ring (bicyclic) bond motifs is 1. The molecule has 1 N–H and O–H groups in total. The van der Waals surface area contributed by atoms with Gasteiger partial charge in [-0.05, 0) is 30.2 Å². The zero-order chi connectivity index (χ0) is 19.5. The smallest absolute Gasteiger partial charge is 0.265 e. The Labute approximate surface area is 167 Å². The summed E-state index contributed by atoms with van der Waals surface area (Å²) < 4.78 is 12.5. The summed E-state index contributed by atoms with van der Waals surface area (Å²) in [6.45, 7) is 3.72. The molecule has 4 rings (SSSR count). The van der Waals surface area contributed by atoms with Gasteiger partial charge >= 0.3 is 0 Å². The van der Waals surface area contributed by atoms with Gasteiger partial charge in [-0.25, -0.2) is 0 Å². The van der Waals surface area contributed by atoms with Crippen molar-refractivity contribution in [2.45, 2.75) is 19.4 Å². The molecule has 0 spiro atoms. The predicted molar refractivity (Wildman–Crippen MR) is 104 cm³/mol. The van der Waals surface area contributed by atoms with Crippen molar-refractivity contribution in [3.8, 4) is 5.75 Å². The minimum atomic E-state index is -0.115. The summed E-state index contributed by atoms with van der Waals surface area (Å²) in [6.07, 6.45) is 3.33. The van der Waals surface area contributed by atoms with Gasteiger partial charge in [0.2, 0.25) is 0 Å². The van der Waals surface area contributed by atoms with Gasteiger partial charge in [0.25, 0.3) is 11.8 Å². The van der Waals surface area contributed by atoms with Crippen molar-refractivity contribution in [2.75, 3.05) is 40.0 Å². The number of carbonyl (C=O) groups is 2. The minimum Gasteiger partial charge on any atom is -0.495 e. The summed E-state index contributed by atoms with van der Waals surface area (Å²) in [5, 5.41) is 9.26. The number of rotatable bonds is 5. The second kappa shape index (κ2) is 8.32. The van der Waals surface area contributed by atoms with Crippen LogP contribution in [0.3, 0.4) is 0 Å². The van der Waals surface area contributed by atoms with Crippen LogP contribution in [0.25, 0.3) is 0 Å². The maximum atomic E-state index is 12.9. The Hall–Kier alpha value is -2.39. The van der Waals surface area contributed by atoms with Crippen LogP contribution in [0.1, 0.15) is 32.1 Å². The van der Waals surface area contributed by atoms with Crippen molar-refractivity contribution >= 4 is 23.2 Å². The van der Waals surface area contributed by atoms with Gasteiger partial charge in [0, 0.05) is 26.2 Å². The normalized spacial score (nSPS) is 19.2. The van der Waals surface area contributed by atoms with Crippen LogP contribution in [-0.4, -0.2) is 66.5 Å². The van der Waals surface area contributed by atoms with Crippen LogP contribution in [0.15, 0.2) is 17.6 Å². The van der Waals surface area contributed by atoms with Crippen molar-refractivity contribution in [3.63, 3.8) is 0 Å². The lowest BCUT2D eigenvalue weighted by atomic mass is 9.94. The number of aryl methyl sites for hydroxylation is 1. The molecule has 4 heterocycles. The van der Waals surface area contributed by atoms with Gasteiger partial charge in [0.1, 0.15) is 10.6 Å². The number of nitrogens with one attached hydrogen (secondary N) is 1. The fourth-order valence-corrected chi connectivity index (χ4v) is 4.50. The van der Waals surface area contributed by atoms with Gasteiger partial charge in [0.05, 0.1) is 37.8 Å². The topological polar surface area (TPSA) is 85.7 Å². The molecule has 0 bridgehead atoms. The molecule has 8 nitrogen and oxygen atoms in total. The zero-order valence-electron chi connectivity index (χ0n) is 15.8. The fraction of sp³-hybridized carbons (Fsp3) is 0.526. The summed E-state index contributed by atoms with van der Waals surface area (Å²) >= 11 is 1.37. The molecule has 1 fully saturated rings. The number of nitrogens with zero attached hydrogens (tertiary/aromatic N) is 3. The molecule has 0 aromatic carbocycles. The monoisotopic (exact) mass is 404 g/mol. The molecule has 2 aliphatic rings. The van der Waals surface area contributed by atoms with E-state index in [9.17, 15) is 9.59 Å². The third-order valence-electron chi connectivity index (χ3n) is 5.32. The van der Waals surface area contributed by atoms with Crippen LogP contribution >= 0.6 is 11.3 Å². The summed E-state index contributed by atoms with van der Waals surface area (Å²) in [5.74, 6) is 0.783. The molecule has 2 aromatic heterocycles. The van der Waals surface area contributed by atoms with Crippen LogP contribution in [-0.2, 0) is 17.7 Å². The number of thiophene rings is 1. The van der Waals surface area contributed by atoms with Gasteiger partial charge in [-0.3, -0.25) is 14.3 Å². The fourth-order valence-electron chi connectivity index (χ4n) is 3.73. The first-order chi connectivity index (χ1) is 13.7. The van der Waals surface area contributed by atoms with Crippen molar-refractivity contribution in [1.82, 2.24) is 20.0 Å². The van der Waals surface area contributed by atoms with E-state index in [1.54, 1.807) is 19.4 Å². The quantitative estimate of drug-likeness (QED) is 0.815. The summed E-state index contributed by atoms with van der Waals surface area (Å²) in [6, 6.07) is 1.79. The molecule has 9 heteroatoms. The molecule has 0 unspecified atom stereocenters. The molecule has 0 saturated carbocycles. The number of ether oxygens (including phenoxy) is 2. The number of hydrogen-bond donors (Lipinski definition) is 1. The van der Waals surface area contributed by atoms with Crippen LogP contribution < -0.4 is 10.1 Å². The van der Waals surface area contributed by atoms with Gasteiger partial charge in [-0.2, -0.15) is 5.10 Å². The van der Waals surface area contributed by atoms with E-state index in [-0.39, 0.29) is 17.7 Å². The molecular formula is C19H24N4O4S. The van der Waals surface area contributed by atoms with E-state index in [2.05, 4.69) is 10.4 Å². The Balaban J connectivity index is 1.39. The van der Waals surface area contributed by atoms with Crippen LogP contribution in [0.5, 0.6) is 5.75 Å². The average Bonchev–Trinajstić information content (AvgIpc) is 3.38. The highest BCUT2D eigenvalue weighted by Crippen LogP contribution is 2.26. The molecule has 150 valence electrons. The number of methoxy groups -OCH3 is 1. The predicted octanol–water partition coefficient (Wildman–Crippen LogP) is 1.42. The van der Waals surface area contributed by atoms with Crippen LogP contribution in [0.4, 0.5) is 0 Å². The van der Waals surface area contributed by atoms with Crippen molar-refractivity contribution in [1.29, 1.82) is 0 Å². The lowest BCUT2D eigenvalue weighted by Crippen LogP contribution is -2.41. The maximum absolute atomic E-state index is 12.9. The zero-order valence-corrected chi connectivity index (χ0v) is 16.7. The largest absolute Gasteiger partial charge is 0.495 e. The number of hydrogen-bond acceptors (Lipinski definition) is 6. The molecule has 2 amide bonds. The number of amides is 2. The molecule has 1 saturated heterocycles. The first-order valence-corrected chi connectivity index (χ1v) is 10.4. The van der Waals surface area contributed by atoms with E-state index in [1.165, 1.54) is 11.3 Å². The highest BCUT2D eigenvalue weighted by molar-refractivity contribution is 7.12. The van der Waals surface area contributed by atoms with E-state index in [0.717, 1.165) is 25.1 Å². The van der Waals surface area contributed by atoms with E-state index in [1.807, 2.05) is 15.0 Å². The van der Waals surface area contributed by atoms with Gasteiger partial charge in [-0.15, -0.1) is 11.3 Å². The third kappa shape index (κ3) is 3.77. The Morgan fingerprint density at radius 1 is 1.36 bits per heavy atom. The molecule has 2 aromatic rings. The molecule has 2 aliphatic heterocycles. The molecule has 0 aliphatic carbocycles. The lowest BCUT2D eigenvalue weighted by molar-refractivity contribution is 0.0301. The highest BCUT2D eigenvalue weighted by atomic mass is 32.1. The maximum Gasteiger partial charge on any atom is 0.265 e. The number of carbonyl (C=O) groups excluding carboxylic acids is 2. The summed E-state index contributed by atoms with van der Waals surface area (Å²) in [4.78, 5) is 27.7. The van der Waals surface area contributed by atoms with E-state index < -0.39 is 0 Å². The van der Waals surface area contributed by atoms with Crippen molar-refractivity contribution in [3.05, 3.63) is 33.8 Å². The Bertz CT molecular complexity index is 856. The van der Waals surface area contributed by atoms with Gasteiger partial charge in [-0.1, -0.05) is 0 Å². The summed E-state index contributed by atoms with van der Waals surface area (Å²) in [5.41, 5.74) is 1.65. The first kappa shape index (κ1) is 18.9. The van der Waals surface area contributed by atoms with Gasteiger partial charge in [0.15, 0.2) is 0 Å². The van der Waals surface area contributed by atoms with Crippen molar-refractivity contribution in [2.24, 2.45) is 5.92 Å². The van der Waals surface area contributed by atoms with Crippen LogP contribution in [0, 0.1) is 5.92 Å². The van der Waals surface area contributed by atoms with Crippen molar-refractivity contribution < 1.29 is 19.1 Å².